The highest BCUT2D eigenvalue weighted by atomic mass is 35.5. The molecule has 0 fully saturated rings. The van der Waals surface area contributed by atoms with Crippen molar-refractivity contribution < 1.29 is 4.79 Å². The Morgan fingerprint density at radius 1 is 1.21 bits per heavy atom. The van der Waals surface area contributed by atoms with Crippen LogP contribution in [0.25, 0.3) is 0 Å². The number of nitrogens with zero attached hydrogens (tertiary/aromatic N) is 1. The number of rotatable bonds is 3. The fourth-order valence-corrected chi connectivity index (χ4v) is 3.54. The molecule has 1 N–H and O–H groups in total. The number of amides is 1. The van der Waals surface area contributed by atoms with Gasteiger partial charge in [0.1, 0.15) is 0 Å². The molecule has 3 rings (SSSR count). The summed E-state index contributed by atoms with van der Waals surface area (Å²) in [5.74, 6) is 0.0154. The van der Waals surface area contributed by atoms with Crippen LogP contribution in [0.2, 0.25) is 5.02 Å². The number of carbonyl (C=O) groups excluding carboxylic acids is 1. The van der Waals surface area contributed by atoms with E-state index in [0.29, 0.717) is 11.4 Å². The predicted octanol–water partition coefficient (Wildman–Crippen LogP) is 4.68. The molecular weight excluding hydrogens is 320 g/mol. The van der Waals surface area contributed by atoms with Crippen molar-refractivity contribution in [3.05, 3.63) is 64.7 Å². The van der Waals surface area contributed by atoms with Crippen molar-refractivity contribution in [2.45, 2.75) is 38.3 Å². The average molecular weight is 343 g/mol. The molecule has 2 aromatic rings. The first kappa shape index (κ1) is 17.0. The van der Waals surface area contributed by atoms with Crippen LogP contribution >= 0.6 is 11.6 Å². The van der Waals surface area contributed by atoms with E-state index in [4.69, 9.17) is 11.6 Å². The second kappa shape index (κ2) is 6.58. The summed E-state index contributed by atoms with van der Waals surface area (Å²) in [5, 5.41) is 3.63. The van der Waals surface area contributed by atoms with Gasteiger partial charge >= 0.3 is 0 Å². The molecule has 1 unspecified atom stereocenters. The van der Waals surface area contributed by atoms with Gasteiger partial charge in [0, 0.05) is 28.7 Å². The Kier molecular flexibility index (Phi) is 4.66. The first-order valence-electron chi connectivity index (χ1n) is 8.23. The van der Waals surface area contributed by atoms with Crippen LogP contribution in [-0.2, 0) is 11.2 Å². The molecule has 1 aliphatic rings. The number of nitrogens with one attached hydrogen (secondary N) is 1. The summed E-state index contributed by atoms with van der Waals surface area (Å²) >= 11 is 5.89. The molecule has 0 saturated heterocycles. The van der Waals surface area contributed by atoms with Crippen molar-refractivity contribution in [2.75, 3.05) is 12.4 Å². The quantitative estimate of drug-likeness (QED) is 0.878. The molecule has 0 spiro atoms. The molecule has 2 aromatic carbocycles. The van der Waals surface area contributed by atoms with Crippen LogP contribution in [0.3, 0.4) is 0 Å². The summed E-state index contributed by atoms with van der Waals surface area (Å²) in [4.78, 5) is 14.9. The molecule has 1 amide bonds. The lowest BCUT2D eigenvalue weighted by Gasteiger charge is -2.46. The van der Waals surface area contributed by atoms with Crippen LogP contribution in [0.4, 0.5) is 5.69 Å². The van der Waals surface area contributed by atoms with E-state index >= 15 is 0 Å². The highest BCUT2D eigenvalue weighted by Crippen LogP contribution is 2.39. The molecule has 1 aliphatic heterocycles. The Morgan fingerprint density at radius 3 is 2.58 bits per heavy atom. The topological polar surface area (TPSA) is 32.3 Å². The highest BCUT2D eigenvalue weighted by Gasteiger charge is 2.37. The normalized spacial score (nSPS) is 19.6. The van der Waals surface area contributed by atoms with Crippen LogP contribution in [0.1, 0.15) is 37.4 Å². The van der Waals surface area contributed by atoms with E-state index in [9.17, 15) is 4.79 Å². The Hall–Kier alpha value is -1.84. The van der Waals surface area contributed by atoms with Gasteiger partial charge in [-0.05, 0) is 62.7 Å². The molecule has 0 aliphatic carbocycles. The third kappa shape index (κ3) is 3.47. The van der Waals surface area contributed by atoms with Crippen molar-refractivity contribution in [2.24, 2.45) is 0 Å². The summed E-state index contributed by atoms with van der Waals surface area (Å²) in [7, 11) is 2.11. The molecule has 3 nitrogen and oxygen atoms in total. The van der Waals surface area contributed by atoms with Crippen LogP contribution in [0.5, 0.6) is 0 Å². The molecular formula is C20H23ClN2O. The second-order valence-electron chi connectivity index (χ2n) is 7.07. The van der Waals surface area contributed by atoms with E-state index in [0.717, 1.165) is 12.1 Å². The maximum atomic E-state index is 12.6. The van der Waals surface area contributed by atoms with Crippen molar-refractivity contribution >= 4 is 23.2 Å². The Bertz CT molecular complexity index is 740. The van der Waals surface area contributed by atoms with Gasteiger partial charge in [-0.3, -0.25) is 9.69 Å². The van der Waals surface area contributed by atoms with E-state index in [1.807, 2.05) is 12.1 Å². The number of halogens is 1. The summed E-state index contributed by atoms with van der Waals surface area (Å²) in [6.07, 6.45) is 1.43. The zero-order chi connectivity index (χ0) is 17.3. The summed E-state index contributed by atoms with van der Waals surface area (Å²) in [5.41, 5.74) is 3.39. The van der Waals surface area contributed by atoms with E-state index < -0.39 is 0 Å². The molecule has 0 radical (unpaired) electrons. The fraction of sp³-hybridized carbons (Fsp3) is 0.350. The number of carbonyl (C=O) groups is 1. The highest BCUT2D eigenvalue weighted by molar-refractivity contribution is 6.30. The molecule has 126 valence electrons. The van der Waals surface area contributed by atoms with E-state index in [1.54, 1.807) is 12.1 Å². The Balaban J connectivity index is 1.80. The van der Waals surface area contributed by atoms with E-state index in [1.165, 1.54) is 11.1 Å². The number of fused-ring (bicyclic) bond motifs is 1. The maximum Gasteiger partial charge on any atom is 0.226 e. The molecule has 0 saturated carbocycles. The lowest BCUT2D eigenvalue weighted by atomic mass is 9.81. The molecule has 4 heteroatoms. The van der Waals surface area contributed by atoms with Crippen LogP contribution in [0.15, 0.2) is 48.5 Å². The predicted molar refractivity (Wildman–Crippen MR) is 99.4 cm³/mol. The maximum absolute atomic E-state index is 12.6. The smallest absolute Gasteiger partial charge is 0.226 e. The van der Waals surface area contributed by atoms with Crippen molar-refractivity contribution in [1.29, 1.82) is 0 Å². The molecule has 0 bridgehead atoms. The second-order valence-corrected chi connectivity index (χ2v) is 7.51. The molecule has 0 aromatic heterocycles. The van der Waals surface area contributed by atoms with Gasteiger partial charge in [-0.1, -0.05) is 35.9 Å². The van der Waals surface area contributed by atoms with Crippen LogP contribution in [-0.4, -0.2) is 23.4 Å². The summed E-state index contributed by atoms with van der Waals surface area (Å²) in [6, 6.07) is 15.7. The number of hydrogen-bond donors (Lipinski definition) is 1. The van der Waals surface area contributed by atoms with Crippen LogP contribution in [0, 0.1) is 0 Å². The number of anilines is 1. The van der Waals surface area contributed by atoms with Gasteiger partial charge in [-0.15, -0.1) is 0 Å². The first-order valence-corrected chi connectivity index (χ1v) is 8.61. The summed E-state index contributed by atoms with van der Waals surface area (Å²) in [6.45, 7) is 4.46. The van der Waals surface area contributed by atoms with Gasteiger partial charge in [-0.2, -0.15) is 0 Å². The first-order chi connectivity index (χ1) is 11.4. The van der Waals surface area contributed by atoms with Crippen molar-refractivity contribution in [1.82, 2.24) is 4.90 Å². The van der Waals surface area contributed by atoms with Crippen molar-refractivity contribution in [3.63, 3.8) is 0 Å². The largest absolute Gasteiger partial charge is 0.326 e. The third-order valence-electron chi connectivity index (χ3n) is 4.97. The number of hydrogen-bond acceptors (Lipinski definition) is 2. The van der Waals surface area contributed by atoms with Gasteiger partial charge in [0.2, 0.25) is 5.91 Å². The van der Waals surface area contributed by atoms with Crippen molar-refractivity contribution in [3.8, 4) is 0 Å². The lowest BCUT2D eigenvalue weighted by molar-refractivity contribution is -0.118. The standard InChI is InChI=1S/C20H23ClN2O/c1-20(2)13-14-6-4-5-7-17(14)18(23(20)3)12-19(24)22-16-10-8-15(21)9-11-16/h4-11,18H,12-13H2,1-3H3,(H,22,24). The lowest BCUT2D eigenvalue weighted by Crippen LogP contribution is -2.49. The van der Waals surface area contributed by atoms with Gasteiger partial charge < -0.3 is 5.32 Å². The Morgan fingerprint density at radius 2 is 1.88 bits per heavy atom. The van der Waals surface area contributed by atoms with Gasteiger partial charge in [0.25, 0.3) is 0 Å². The zero-order valence-electron chi connectivity index (χ0n) is 14.3. The third-order valence-corrected chi connectivity index (χ3v) is 5.22. The molecule has 24 heavy (non-hydrogen) atoms. The average Bonchev–Trinajstić information content (AvgIpc) is 2.54. The number of benzene rings is 2. The van der Waals surface area contributed by atoms with Gasteiger partial charge in [0.05, 0.1) is 0 Å². The zero-order valence-corrected chi connectivity index (χ0v) is 15.1. The van der Waals surface area contributed by atoms with Gasteiger partial charge in [-0.25, -0.2) is 0 Å². The van der Waals surface area contributed by atoms with Crippen LogP contribution < -0.4 is 5.32 Å². The Labute approximate surface area is 148 Å². The molecule has 1 atom stereocenters. The fourth-order valence-electron chi connectivity index (χ4n) is 3.41. The monoisotopic (exact) mass is 342 g/mol. The van der Waals surface area contributed by atoms with E-state index in [-0.39, 0.29) is 17.5 Å². The molecule has 1 heterocycles. The minimum absolute atomic E-state index is 0.0154. The SMILES string of the molecule is CN1C(CC(=O)Nc2ccc(Cl)cc2)c2ccccc2CC1(C)C. The minimum Gasteiger partial charge on any atom is -0.326 e. The van der Waals surface area contributed by atoms with Gasteiger partial charge in [0.15, 0.2) is 0 Å². The summed E-state index contributed by atoms with van der Waals surface area (Å²) < 4.78 is 0. The number of likely N-dealkylation sites (N-methyl/N-ethyl adjacent to an activating group) is 1. The van der Waals surface area contributed by atoms with E-state index in [2.05, 4.69) is 55.4 Å². The minimum atomic E-state index is 0.0154.